The highest BCUT2D eigenvalue weighted by Crippen LogP contribution is 2.60. The number of hydrogen-bond acceptors (Lipinski definition) is 2. The first-order valence-electron chi connectivity index (χ1n) is 3.93. The monoisotopic (exact) mass is 154 g/mol. The Bertz CT molecular complexity index is 233. The van der Waals surface area contributed by atoms with Crippen molar-refractivity contribution >= 4 is 11.8 Å². The van der Waals surface area contributed by atoms with Gasteiger partial charge in [-0.1, -0.05) is 0 Å². The summed E-state index contributed by atoms with van der Waals surface area (Å²) in [7, 11) is 0. The van der Waals surface area contributed by atoms with Gasteiger partial charge in [0.25, 0.3) is 0 Å². The van der Waals surface area contributed by atoms with E-state index in [1.807, 2.05) is 0 Å². The fourth-order valence-electron chi connectivity index (χ4n) is 2.17. The summed E-state index contributed by atoms with van der Waals surface area (Å²) in [6.07, 6.45) is 2.90. The van der Waals surface area contributed by atoms with E-state index in [4.69, 9.17) is 5.11 Å². The standard InChI is InChI=1S/C8H10O3/c9-6-2-1-3-8(6)4-5(8)7(10)11/h5H,1-4H2,(H,10,11). The van der Waals surface area contributed by atoms with Gasteiger partial charge in [-0.2, -0.15) is 0 Å². The molecule has 0 bridgehead atoms. The molecule has 2 aliphatic carbocycles. The van der Waals surface area contributed by atoms with Crippen LogP contribution in [0.4, 0.5) is 0 Å². The second kappa shape index (κ2) is 1.84. The molecule has 0 aromatic rings. The van der Waals surface area contributed by atoms with Crippen molar-refractivity contribution in [1.29, 1.82) is 0 Å². The van der Waals surface area contributed by atoms with E-state index in [2.05, 4.69) is 0 Å². The van der Waals surface area contributed by atoms with Gasteiger partial charge >= 0.3 is 5.97 Å². The van der Waals surface area contributed by atoms with Crippen LogP contribution in [0, 0.1) is 11.3 Å². The Kier molecular flexibility index (Phi) is 1.14. The molecule has 2 rings (SSSR count). The molecule has 3 nitrogen and oxygen atoms in total. The van der Waals surface area contributed by atoms with Crippen LogP contribution in [-0.2, 0) is 9.59 Å². The number of Topliss-reactive ketones (excluding diaryl/α,β-unsaturated/α-hetero) is 1. The average Bonchev–Trinajstić information content (AvgIpc) is 2.54. The second-order valence-electron chi connectivity index (χ2n) is 3.53. The van der Waals surface area contributed by atoms with Crippen LogP contribution in [-0.4, -0.2) is 16.9 Å². The molecule has 2 saturated carbocycles. The van der Waals surface area contributed by atoms with Crippen molar-refractivity contribution in [3.63, 3.8) is 0 Å². The van der Waals surface area contributed by atoms with Gasteiger partial charge < -0.3 is 5.11 Å². The SMILES string of the molecule is O=C(O)C1CC12CCCC2=O. The number of aliphatic carboxylic acids is 1. The summed E-state index contributed by atoms with van der Waals surface area (Å²) in [6.45, 7) is 0. The highest BCUT2D eigenvalue weighted by Gasteiger charge is 2.64. The van der Waals surface area contributed by atoms with Gasteiger partial charge in [0.15, 0.2) is 0 Å². The van der Waals surface area contributed by atoms with Gasteiger partial charge in [0.2, 0.25) is 0 Å². The third kappa shape index (κ3) is 0.737. The minimum Gasteiger partial charge on any atom is -0.481 e. The van der Waals surface area contributed by atoms with Crippen molar-refractivity contribution in [2.75, 3.05) is 0 Å². The van der Waals surface area contributed by atoms with Crippen molar-refractivity contribution in [1.82, 2.24) is 0 Å². The smallest absolute Gasteiger partial charge is 0.307 e. The Hall–Kier alpha value is -0.860. The zero-order valence-corrected chi connectivity index (χ0v) is 6.17. The summed E-state index contributed by atoms with van der Waals surface area (Å²) in [5.74, 6) is -0.956. The lowest BCUT2D eigenvalue weighted by molar-refractivity contribution is -0.141. The molecular formula is C8H10O3. The Morgan fingerprint density at radius 2 is 2.36 bits per heavy atom. The molecule has 2 unspecified atom stereocenters. The van der Waals surface area contributed by atoms with Crippen molar-refractivity contribution in [3.8, 4) is 0 Å². The molecule has 1 N–H and O–H groups in total. The Labute approximate surface area is 64.4 Å². The van der Waals surface area contributed by atoms with Gasteiger partial charge in [0.05, 0.1) is 5.92 Å². The average molecular weight is 154 g/mol. The van der Waals surface area contributed by atoms with Crippen LogP contribution in [0.15, 0.2) is 0 Å². The van der Waals surface area contributed by atoms with Crippen molar-refractivity contribution in [2.24, 2.45) is 11.3 Å². The number of carbonyl (C=O) groups excluding carboxylic acids is 1. The summed E-state index contributed by atoms with van der Waals surface area (Å²) < 4.78 is 0. The molecule has 2 atom stereocenters. The summed E-state index contributed by atoms with van der Waals surface area (Å²) in [5.41, 5.74) is -0.397. The molecule has 0 amide bonds. The first kappa shape index (κ1) is 6.83. The molecule has 2 fully saturated rings. The zero-order chi connectivity index (χ0) is 8.06. The van der Waals surface area contributed by atoms with E-state index in [9.17, 15) is 9.59 Å². The van der Waals surface area contributed by atoms with Gasteiger partial charge in [-0.25, -0.2) is 0 Å². The van der Waals surface area contributed by atoms with Crippen molar-refractivity contribution in [3.05, 3.63) is 0 Å². The van der Waals surface area contributed by atoms with Gasteiger partial charge in [0.1, 0.15) is 5.78 Å². The lowest BCUT2D eigenvalue weighted by atomic mass is 10.0. The van der Waals surface area contributed by atoms with Crippen LogP contribution in [0.3, 0.4) is 0 Å². The zero-order valence-electron chi connectivity index (χ0n) is 6.17. The molecule has 60 valence electrons. The van der Waals surface area contributed by atoms with Gasteiger partial charge in [0, 0.05) is 11.8 Å². The first-order valence-corrected chi connectivity index (χ1v) is 3.93. The Morgan fingerprint density at radius 1 is 1.64 bits per heavy atom. The maximum Gasteiger partial charge on any atom is 0.307 e. The van der Waals surface area contributed by atoms with Crippen LogP contribution in [0.5, 0.6) is 0 Å². The molecule has 0 saturated heterocycles. The minimum atomic E-state index is -0.791. The molecule has 11 heavy (non-hydrogen) atoms. The third-order valence-electron chi connectivity index (χ3n) is 2.96. The van der Waals surface area contributed by atoms with E-state index < -0.39 is 11.4 Å². The lowest BCUT2D eigenvalue weighted by Gasteiger charge is -2.01. The summed E-state index contributed by atoms with van der Waals surface area (Å²) >= 11 is 0. The maximum atomic E-state index is 11.2. The van der Waals surface area contributed by atoms with Crippen LogP contribution in [0.2, 0.25) is 0 Å². The summed E-state index contributed by atoms with van der Waals surface area (Å²) in [4.78, 5) is 21.7. The molecule has 1 spiro atoms. The molecular weight excluding hydrogens is 144 g/mol. The van der Waals surface area contributed by atoms with Crippen molar-refractivity contribution < 1.29 is 14.7 Å². The number of carbonyl (C=O) groups is 2. The third-order valence-corrected chi connectivity index (χ3v) is 2.96. The molecule has 0 aromatic carbocycles. The molecule has 0 aliphatic heterocycles. The number of rotatable bonds is 1. The molecule has 0 heterocycles. The van der Waals surface area contributed by atoms with E-state index in [0.29, 0.717) is 12.8 Å². The molecule has 2 aliphatic rings. The topological polar surface area (TPSA) is 54.4 Å². The van der Waals surface area contributed by atoms with E-state index >= 15 is 0 Å². The van der Waals surface area contributed by atoms with E-state index in [-0.39, 0.29) is 11.7 Å². The first-order chi connectivity index (χ1) is 5.17. The van der Waals surface area contributed by atoms with Crippen LogP contribution >= 0.6 is 0 Å². The van der Waals surface area contributed by atoms with Crippen LogP contribution in [0.1, 0.15) is 25.7 Å². The quantitative estimate of drug-likeness (QED) is 0.608. The predicted octanol–water partition coefficient (Wildman–Crippen LogP) is 0.830. The van der Waals surface area contributed by atoms with Crippen LogP contribution in [0.25, 0.3) is 0 Å². The lowest BCUT2D eigenvalue weighted by Crippen LogP contribution is -2.14. The largest absolute Gasteiger partial charge is 0.481 e. The minimum absolute atomic E-state index is 0.185. The fourth-order valence-corrected chi connectivity index (χ4v) is 2.17. The van der Waals surface area contributed by atoms with Gasteiger partial charge in [-0.3, -0.25) is 9.59 Å². The number of ketones is 1. The molecule has 0 aromatic heterocycles. The summed E-state index contributed by atoms with van der Waals surface area (Å²) in [5, 5.41) is 8.64. The number of carboxylic acid groups (broad SMARTS) is 1. The molecule has 0 radical (unpaired) electrons. The fraction of sp³-hybridized carbons (Fsp3) is 0.750. The van der Waals surface area contributed by atoms with Gasteiger partial charge in [-0.05, 0) is 19.3 Å². The van der Waals surface area contributed by atoms with Crippen molar-refractivity contribution in [2.45, 2.75) is 25.7 Å². The van der Waals surface area contributed by atoms with E-state index in [0.717, 1.165) is 12.8 Å². The van der Waals surface area contributed by atoms with Gasteiger partial charge in [-0.15, -0.1) is 0 Å². The maximum absolute atomic E-state index is 11.2. The predicted molar refractivity (Wildman–Crippen MR) is 37.0 cm³/mol. The highest BCUT2D eigenvalue weighted by molar-refractivity contribution is 5.96. The highest BCUT2D eigenvalue weighted by atomic mass is 16.4. The Balaban J connectivity index is 2.17. The second-order valence-corrected chi connectivity index (χ2v) is 3.53. The number of carboxylic acids is 1. The van der Waals surface area contributed by atoms with Crippen LogP contribution < -0.4 is 0 Å². The Morgan fingerprint density at radius 3 is 2.73 bits per heavy atom. The van der Waals surface area contributed by atoms with E-state index in [1.54, 1.807) is 0 Å². The normalized spacial score (nSPS) is 41.5. The summed E-state index contributed by atoms with van der Waals surface area (Å²) in [6, 6.07) is 0. The molecule has 3 heteroatoms. The number of hydrogen-bond donors (Lipinski definition) is 1. The van der Waals surface area contributed by atoms with E-state index in [1.165, 1.54) is 0 Å².